The Bertz CT molecular complexity index is 463. The van der Waals surface area contributed by atoms with Gasteiger partial charge in [-0.1, -0.05) is 36.6 Å². The van der Waals surface area contributed by atoms with Gasteiger partial charge in [0.2, 0.25) is 0 Å². The highest BCUT2D eigenvalue weighted by Gasteiger charge is 2.35. The highest BCUT2D eigenvalue weighted by molar-refractivity contribution is 6.33. The second-order valence-corrected chi connectivity index (χ2v) is 7.03. The lowest BCUT2D eigenvalue weighted by Crippen LogP contribution is -2.51. The predicted molar refractivity (Wildman–Crippen MR) is 90.1 cm³/mol. The van der Waals surface area contributed by atoms with Gasteiger partial charge in [0.15, 0.2) is 0 Å². The molecule has 0 unspecified atom stereocenters. The van der Waals surface area contributed by atoms with Gasteiger partial charge >= 0.3 is 0 Å². The molecular formula is C17H26ClN3. The quantitative estimate of drug-likeness (QED) is 0.928. The van der Waals surface area contributed by atoms with Crippen molar-refractivity contribution in [2.45, 2.75) is 25.7 Å². The van der Waals surface area contributed by atoms with E-state index in [4.69, 9.17) is 17.3 Å². The summed E-state index contributed by atoms with van der Waals surface area (Å²) in [6.45, 7) is 6.38. The first-order valence-electron chi connectivity index (χ1n) is 8.14. The summed E-state index contributed by atoms with van der Waals surface area (Å²) in [5.41, 5.74) is 7.64. The summed E-state index contributed by atoms with van der Waals surface area (Å²) in [6, 6.07) is 8.16. The zero-order valence-corrected chi connectivity index (χ0v) is 13.5. The van der Waals surface area contributed by atoms with Gasteiger partial charge in [-0.3, -0.25) is 4.90 Å². The number of benzene rings is 1. The first kappa shape index (κ1) is 15.1. The fraction of sp³-hybridized carbons (Fsp3) is 0.647. The average Bonchev–Trinajstić information content (AvgIpc) is 2.98. The van der Waals surface area contributed by atoms with Crippen LogP contribution in [0, 0.1) is 5.41 Å². The molecule has 1 aromatic rings. The third kappa shape index (κ3) is 3.36. The van der Waals surface area contributed by atoms with Crippen molar-refractivity contribution in [2.75, 3.05) is 44.2 Å². The van der Waals surface area contributed by atoms with E-state index in [0.29, 0.717) is 5.41 Å². The molecule has 0 bridgehead atoms. The first-order chi connectivity index (χ1) is 10.2. The summed E-state index contributed by atoms with van der Waals surface area (Å²) in [5, 5.41) is 0.861. The molecule has 21 heavy (non-hydrogen) atoms. The van der Waals surface area contributed by atoms with Crippen LogP contribution in [0.15, 0.2) is 24.3 Å². The molecule has 1 saturated carbocycles. The van der Waals surface area contributed by atoms with Gasteiger partial charge < -0.3 is 10.6 Å². The molecule has 1 aromatic carbocycles. The van der Waals surface area contributed by atoms with Gasteiger partial charge in [-0.2, -0.15) is 0 Å². The molecule has 116 valence electrons. The van der Waals surface area contributed by atoms with Crippen LogP contribution >= 0.6 is 11.6 Å². The Hall–Kier alpha value is -0.770. The third-order valence-corrected chi connectivity index (χ3v) is 5.54. The third-order valence-electron chi connectivity index (χ3n) is 5.22. The molecule has 4 heteroatoms. The lowest BCUT2D eigenvalue weighted by molar-refractivity contribution is 0.151. The van der Waals surface area contributed by atoms with Gasteiger partial charge in [0.05, 0.1) is 10.7 Å². The molecule has 2 N–H and O–H groups in total. The second kappa shape index (κ2) is 6.55. The standard InChI is InChI=1S/C17H26ClN3/c18-15-5-1-2-6-16(15)21-11-9-20(10-12-21)14-17(13-19)7-3-4-8-17/h1-2,5-6H,3-4,7-14,19H2. The molecular weight excluding hydrogens is 282 g/mol. The van der Waals surface area contributed by atoms with E-state index in [1.807, 2.05) is 12.1 Å². The normalized spacial score (nSPS) is 22.7. The molecule has 0 aromatic heterocycles. The fourth-order valence-corrected chi connectivity index (χ4v) is 4.14. The van der Waals surface area contributed by atoms with Crippen LogP contribution in [0.25, 0.3) is 0 Å². The van der Waals surface area contributed by atoms with Crippen molar-refractivity contribution in [3.63, 3.8) is 0 Å². The lowest BCUT2D eigenvalue weighted by atomic mass is 9.85. The first-order valence-corrected chi connectivity index (χ1v) is 8.52. The highest BCUT2D eigenvalue weighted by atomic mass is 35.5. The summed E-state index contributed by atoms with van der Waals surface area (Å²) in [5.74, 6) is 0. The van der Waals surface area contributed by atoms with E-state index >= 15 is 0 Å². The number of nitrogens with two attached hydrogens (primary N) is 1. The van der Waals surface area contributed by atoms with E-state index < -0.39 is 0 Å². The van der Waals surface area contributed by atoms with Crippen molar-refractivity contribution in [1.82, 2.24) is 4.90 Å². The Labute approximate surface area is 133 Å². The fourth-order valence-electron chi connectivity index (χ4n) is 3.88. The number of hydrogen-bond acceptors (Lipinski definition) is 3. The zero-order chi connectivity index (χ0) is 14.7. The number of rotatable bonds is 4. The molecule has 3 rings (SSSR count). The molecule has 0 atom stereocenters. The Morgan fingerprint density at radius 3 is 2.33 bits per heavy atom. The van der Waals surface area contributed by atoms with Crippen LogP contribution in [-0.2, 0) is 0 Å². The number of nitrogens with zero attached hydrogens (tertiary/aromatic N) is 2. The zero-order valence-electron chi connectivity index (χ0n) is 12.7. The second-order valence-electron chi connectivity index (χ2n) is 6.63. The minimum Gasteiger partial charge on any atom is -0.368 e. The molecule has 2 aliphatic rings. The topological polar surface area (TPSA) is 32.5 Å². The largest absolute Gasteiger partial charge is 0.368 e. The van der Waals surface area contributed by atoms with Crippen molar-refractivity contribution in [1.29, 1.82) is 0 Å². The van der Waals surface area contributed by atoms with Gasteiger partial charge in [0.1, 0.15) is 0 Å². The minimum atomic E-state index is 0.395. The summed E-state index contributed by atoms with van der Waals surface area (Å²) in [4.78, 5) is 5.01. The molecule has 1 saturated heterocycles. The summed E-state index contributed by atoms with van der Waals surface area (Å²) in [6.07, 6.45) is 5.34. The van der Waals surface area contributed by atoms with E-state index in [9.17, 15) is 0 Å². The number of piperazine rings is 1. The Kier molecular flexibility index (Phi) is 4.72. The average molecular weight is 308 g/mol. The SMILES string of the molecule is NCC1(CN2CCN(c3ccccc3Cl)CC2)CCCC1. The summed E-state index contributed by atoms with van der Waals surface area (Å²) < 4.78 is 0. The molecule has 1 heterocycles. The van der Waals surface area contributed by atoms with E-state index in [0.717, 1.165) is 37.7 Å². The van der Waals surface area contributed by atoms with Crippen molar-refractivity contribution >= 4 is 17.3 Å². The van der Waals surface area contributed by atoms with E-state index in [1.54, 1.807) is 0 Å². The maximum Gasteiger partial charge on any atom is 0.0639 e. The Morgan fingerprint density at radius 2 is 1.71 bits per heavy atom. The summed E-state index contributed by atoms with van der Waals surface area (Å²) in [7, 11) is 0. The van der Waals surface area contributed by atoms with Crippen molar-refractivity contribution in [2.24, 2.45) is 11.1 Å². The molecule has 1 aliphatic heterocycles. The molecule has 3 nitrogen and oxygen atoms in total. The van der Waals surface area contributed by atoms with Gasteiger partial charge in [-0.25, -0.2) is 0 Å². The number of hydrogen-bond donors (Lipinski definition) is 1. The lowest BCUT2D eigenvalue weighted by Gasteiger charge is -2.40. The molecule has 1 aliphatic carbocycles. The smallest absolute Gasteiger partial charge is 0.0639 e. The maximum absolute atomic E-state index is 6.30. The molecule has 2 fully saturated rings. The van der Waals surface area contributed by atoms with Crippen LogP contribution in [0.2, 0.25) is 5.02 Å². The van der Waals surface area contributed by atoms with Crippen molar-refractivity contribution < 1.29 is 0 Å². The van der Waals surface area contributed by atoms with Gasteiger partial charge in [-0.05, 0) is 36.9 Å². The van der Waals surface area contributed by atoms with Crippen molar-refractivity contribution in [3.8, 4) is 0 Å². The van der Waals surface area contributed by atoms with Gasteiger partial charge in [0.25, 0.3) is 0 Å². The number of anilines is 1. The van der Waals surface area contributed by atoms with Crippen LogP contribution < -0.4 is 10.6 Å². The molecule has 0 spiro atoms. The van der Waals surface area contributed by atoms with Crippen LogP contribution in [-0.4, -0.2) is 44.2 Å². The van der Waals surface area contributed by atoms with Crippen LogP contribution in [0.5, 0.6) is 0 Å². The van der Waals surface area contributed by atoms with E-state index in [2.05, 4.69) is 21.9 Å². The van der Waals surface area contributed by atoms with Crippen molar-refractivity contribution in [3.05, 3.63) is 29.3 Å². The number of halogens is 1. The Balaban J connectivity index is 1.57. The Morgan fingerprint density at radius 1 is 1.05 bits per heavy atom. The van der Waals surface area contributed by atoms with E-state index in [1.165, 1.54) is 37.9 Å². The minimum absolute atomic E-state index is 0.395. The molecule has 0 amide bonds. The monoisotopic (exact) mass is 307 g/mol. The summed E-state index contributed by atoms with van der Waals surface area (Å²) >= 11 is 6.30. The van der Waals surface area contributed by atoms with E-state index in [-0.39, 0.29) is 0 Å². The predicted octanol–water partition coefficient (Wildman–Crippen LogP) is 2.98. The highest BCUT2D eigenvalue weighted by Crippen LogP contribution is 2.38. The number of para-hydroxylation sites is 1. The van der Waals surface area contributed by atoms with Crippen LogP contribution in [0.1, 0.15) is 25.7 Å². The molecule has 0 radical (unpaired) electrons. The van der Waals surface area contributed by atoms with Crippen LogP contribution in [0.3, 0.4) is 0 Å². The van der Waals surface area contributed by atoms with Gasteiger partial charge in [0, 0.05) is 32.7 Å². The van der Waals surface area contributed by atoms with Crippen LogP contribution in [0.4, 0.5) is 5.69 Å². The maximum atomic E-state index is 6.30. The van der Waals surface area contributed by atoms with Gasteiger partial charge in [-0.15, -0.1) is 0 Å².